The van der Waals surface area contributed by atoms with E-state index in [4.69, 9.17) is 17.3 Å². The smallest absolute Gasteiger partial charge is 0.231 e. The fraction of sp³-hybridized carbons (Fsp3) is 0.462. The Balaban J connectivity index is 2.30. The fourth-order valence-electron chi connectivity index (χ4n) is 2.60. The van der Waals surface area contributed by atoms with Crippen LogP contribution in [0.15, 0.2) is 18.2 Å². The fourth-order valence-corrected chi connectivity index (χ4v) is 2.78. The molecule has 4 heteroatoms. The third-order valence-corrected chi connectivity index (χ3v) is 3.56. The standard InChI is InChI=1S/C13H17ClN2O/c1-13(2)6-8-3-4-9(14)5-10(8)12(13)16-7-11(15)17/h3-5,12,16H,6-7H2,1-2H3,(H2,15,17). The van der Waals surface area contributed by atoms with Gasteiger partial charge in [0.25, 0.3) is 0 Å². The van der Waals surface area contributed by atoms with E-state index in [0.717, 1.165) is 11.4 Å². The lowest BCUT2D eigenvalue weighted by molar-refractivity contribution is -0.117. The zero-order valence-corrected chi connectivity index (χ0v) is 10.8. The number of hydrogen-bond acceptors (Lipinski definition) is 2. The van der Waals surface area contributed by atoms with Crippen LogP contribution in [-0.4, -0.2) is 12.5 Å². The van der Waals surface area contributed by atoms with Crippen molar-refractivity contribution in [1.82, 2.24) is 5.32 Å². The number of carbonyl (C=O) groups excluding carboxylic acids is 1. The topological polar surface area (TPSA) is 55.1 Å². The van der Waals surface area contributed by atoms with E-state index in [-0.39, 0.29) is 23.9 Å². The average Bonchev–Trinajstić information content (AvgIpc) is 2.45. The number of benzene rings is 1. The lowest BCUT2D eigenvalue weighted by Crippen LogP contribution is -2.36. The van der Waals surface area contributed by atoms with Crippen LogP contribution in [0.5, 0.6) is 0 Å². The normalized spacial score (nSPS) is 21.2. The van der Waals surface area contributed by atoms with E-state index in [1.807, 2.05) is 12.1 Å². The van der Waals surface area contributed by atoms with Gasteiger partial charge in [0.2, 0.25) is 5.91 Å². The maximum absolute atomic E-state index is 10.9. The van der Waals surface area contributed by atoms with Crippen LogP contribution in [0.1, 0.15) is 31.0 Å². The van der Waals surface area contributed by atoms with Gasteiger partial charge in [-0.1, -0.05) is 31.5 Å². The molecule has 1 aliphatic carbocycles. The predicted octanol–water partition coefficient (Wildman–Crippen LogP) is 2.04. The first-order valence-electron chi connectivity index (χ1n) is 5.70. The van der Waals surface area contributed by atoms with E-state index in [0.29, 0.717) is 0 Å². The monoisotopic (exact) mass is 252 g/mol. The van der Waals surface area contributed by atoms with Gasteiger partial charge < -0.3 is 11.1 Å². The van der Waals surface area contributed by atoms with E-state index < -0.39 is 0 Å². The Hall–Kier alpha value is -1.06. The summed E-state index contributed by atoms with van der Waals surface area (Å²) in [4.78, 5) is 10.9. The molecule has 2 rings (SSSR count). The number of rotatable bonds is 3. The molecule has 92 valence electrons. The molecule has 0 heterocycles. The maximum atomic E-state index is 10.9. The van der Waals surface area contributed by atoms with Crippen LogP contribution >= 0.6 is 11.6 Å². The molecule has 1 aliphatic rings. The van der Waals surface area contributed by atoms with Gasteiger partial charge in [0.05, 0.1) is 6.54 Å². The Morgan fingerprint density at radius 2 is 2.29 bits per heavy atom. The van der Waals surface area contributed by atoms with E-state index in [1.54, 1.807) is 0 Å². The van der Waals surface area contributed by atoms with E-state index in [2.05, 4.69) is 25.2 Å². The zero-order chi connectivity index (χ0) is 12.6. The number of amides is 1. The summed E-state index contributed by atoms with van der Waals surface area (Å²) in [7, 11) is 0. The van der Waals surface area contributed by atoms with E-state index in [1.165, 1.54) is 11.1 Å². The average molecular weight is 253 g/mol. The second-order valence-electron chi connectivity index (χ2n) is 5.29. The second kappa shape index (κ2) is 4.31. The quantitative estimate of drug-likeness (QED) is 0.865. The summed E-state index contributed by atoms with van der Waals surface area (Å²) in [5, 5.41) is 3.95. The van der Waals surface area contributed by atoms with E-state index >= 15 is 0 Å². The van der Waals surface area contributed by atoms with Crippen molar-refractivity contribution in [3.05, 3.63) is 34.3 Å². The number of carbonyl (C=O) groups is 1. The largest absolute Gasteiger partial charge is 0.369 e. The van der Waals surface area contributed by atoms with Crippen molar-refractivity contribution in [3.8, 4) is 0 Å². The summed E-state index contributed by atoms with van der Waals surface area (Å²) >= 11 is 6.03. The Kier molecular flexibility index (Phi) is 3.15. The number of primary amides is 1. The van der Waals surface area contributed by atoms with Gasteiger partial charge in [-0.15, -0.1) is 0 Å². The molecule has 0 aromatic heterocycles. The molecule has 1 unspecified atom stereocenters. The van der Waals surface area contributed by atoms with Gasteiger partial charge in [-0.25, -0.2) is 0 Å². The van der Waals surface area contributed by atoms with Crippen molar-refractivity contribution in [2.45, 2.75) is 26.3 Å². The van der Waals surface area contributed by atoms with Crippen molar-refractivity contribution in [1.29, 1.82) is 0 Å². The van der Waals surface area contributed by atoms with Gasteiger partial charge in [-0.3, -0.25) is 4.79 Å². The molecule has 0 radical (unpaired) electrons. The van der Waals surface area contributed by atoms with Gasteiger partial charge >= 0.3 is 0 Å². The van der Waals surface area contributed by atoms with Crippen LogP contribution in [0.4, 0.5) is 0 Å². The highest BCUT2D eigenvalue weighted by Gasteiger charge is 2.38. The molecule has 1 atom stereocenters. The van der Waals surface area contributed by atoms with E-state index in [9.17, 15) is 4.79 Å². The molecule has 0 fully saturated rings. The molecule has 3 nitrogen and oxygen atoms in total. The molecular formula is C13H17ClN2O. The number of fused-ring (bicyclic) bond motifs is 1. The maximum Gasteiger partial charge on any atom is 0.231 e. The van der Waals surface area contributed by atoms with Crippen molar-refractivity contribution in [3.63, 3.8) is 0 Å². The molecule has 0 saturated carbocycles. The van der Waals surface area contributed by atoms with Gasteiger partial charge in [0, 0.05) is 11.1 Å². The highest BCUT2D eigenvalue weighted by atomic mass is 35.5. The van der Waals surface area contributed by atoms with Crippen LogP contribution in [0, 0.1) is 5.41 Å². The number of nitrogens with two attached hydrogens (primary N) is 1. The van der Waals surface area contributed by atoms with Crippen LogP contribution in [-0.2, 0) is 11.2 Å². The minimum Gasteiger partial charge on any atom is -0.369 e. The molecule has 1 amide bonds. The number of halogens is 1. The van der Waals surface area contributed by atoms with Gasteiger partial charge in [0.1, 0.15) is 0 Å². The summed E-state index contributed by atoms with van der Waals surface area (Å²) in [6.45, 7) is 4.55. The molecule has 0 bridgehead atoms. The summed E-state index contributed by atoms with van der Waals surface area (Å²) < 4.78 is 0. The Morgan fingerprint density at radius 3 is 2.94 bits per heavy atom. The minimum atomic E-state index is -0.337. The lowest BCUT2D eigenvalue weighted by Gasteiger charge is -2.28. The first-order valence-corrected chi connectivity index (χ1v) is 6.08. The molecule has 0 spiro atoms. The molecule has 1 aromatic rings. The van der Waals surface area contributed by atoms with Crippen molar-refractivity contribution < 1.29 is 4.79 Å². The van der Waals surface area contributed by atoms with Crippen LogP contribution in [0.2, 0.25) is 5.02 Å². The van der Waals surface area contributed by atoms with Gasteiger partial charge in [-0.2, -0.15) is 0 Å². The molecule has 3 N–H and O–H groups in total. The molecular weight excluding hydrogens is 236 g/mol. The number of nitrogens with one attached hydrogen (secondary N) is 1. The molecule has 1 aromatic carbocycles. The third kappa shape index (κ3) is 2.45. The van der Waals surface area contributed by atoms with Crippen LogP contribution < -0.4 is 11.1 Å². The zero-order valence-electron chi connectivity index (χ0n) is 10.1. The first-order chi connectivity index (χ1) is 7.90. The minimum absolute atomic E-state index is 0.0719. The third-order valence-electron chi connectivity index (χ3n) is 3.33. The predicted molar refractivity (Wildman–Crippen MR) is 68.9 cm³/mol. The van der Waals surface area contributed by atoms with Gasteiger partial charge in [-0.05, 0) is 35.1 Å². The van der Waals surface area contributed by atoms with Gasteiger partial charge in [0.15, 0.2) is 0 Å². The Labute approximate surface area is 106 Å². The lowest BCUT2D eigenvalue weighted by atomic mass is 9.85. The summed E-state index contributed by atoms with van der Waals surface area (Å²) in [6, 6.07) is 6.08. The SMILES string of the molecule is CC1(C)Cc2ccc(Cl)cc2C1NCC(N)=O. The molecule has 0 aliphatic heterocycles. The van der Waals surface area contributed by atoms with Crippen LogP contribution in [0.3, 0.4) is 0 Å². The highest BCUT2D eigenvalue weighted by Crippen LogP contribution is 2.45. The van der Waals surface area contributed by atoms with Crippen LogP contribution in [0.25, 0.3) is 0 Å². The number of hydrogen-bond donors (Lipinski definition) is 2. The summed E-state index contributed by atoms with van der Waals surface area (Å²) in [5.41, 5.74) is 7.73. The first kappa shape index (κ1) is 12.4. The van der Waals surface area contributed by atoms with Crippen molar-refractivity contribution >= 4 is 17.5 Å². The Bertz CT molecular complexity index is 457. The molecule has 0 saturated heterocycles. The summed E-state index contributed by atoms with van der Waals surface area (Å²) in [5.74, 6) is -0.337. The van der Waals surface area contributed by atoms with Crippen molar-refractivity contribution in [2.24, 2.45) is 11.1 Å². The Morgan fingerprint density at radius 1 is 1.59 bits per heavy atom. The summed E-state index contributed by atoms with van der Waals surface area (Å²) in [6.07, 6.45) is 0.982. The second-order valence-corrected chi connectivity index (χ2v) is 5.73. The van der Waals surface area contributed by atoms with Crippen molar-refractivity contribution in [2.75, 3.05) is 6.54 Å². The molecule has 17 heavy (non-hydrogen) atoms. The highest BCUT2D eigenvalue weighted by molar-refractivity contribution is 6.30.